The Labute approximate surface area is 145 Å². The third kappa shape index (κ3) is 4.26. The first kappa shape index (κ1) is 17.2. The molecule has 1 amide bonds. The number of fused-ring (bicyclic) bond motifs is 1. The van der Waals surface area contributed by atoms with Gasteiger partial charge in [0.1, 0.15) is 5.82 Å². The maximum absolute atomic E-state index is 12.6. The zero-order chi connectivity index (χ0) is 17.1. The number of rotatable bonds is 6. The lowest BCUT2D eigenvalue weighted by Gasteiger charge is -2.16. The fourth-order valence-corrected chi connectivity index (χ4v) is 3.21. The maximum atomic E-state index is 12.6. The van der Waals surface area contributed by atoms with Gasteiger partial charge in [-0.15, -0.1) is 0 Å². The molecule has 3 rings (SSSR count). The van der Waals surface area contributed by atoms with Gasteiger partial charge in [0.25, 0.3) is 5.91 Å². The minimum absolute atomic E-state index is 0.0183. The molecule has 132 valence electrons. The molecule has 2 aliphatic rings. The Morgan fingerprint density at radius 1 is 1.33 bits per heavy atom. The number of carbonyl (C=O) groups excluding carboxylic acids is 1. The Balaban J connectivity index is 1.86. The Morgan fingerprint density at radius 2 is 2.08 bits per heavy atom. The summed E-state index contributed by atoms with van der Waals surface area (Å²) in [6.07, 6.45) is 4.52. The van der Waals surface area contributed by atoms with Crippen molar-refractivity contribution in [3.05, 3.63) is 22.9 Å². The Kier molecular flexibility index (Phi) is 5.39. The molecule has 1 fully saturated rings. The molecule has 0 unspecified atom stereocenters. The first-order valence-corrected chi connectivity index (χ1v) is 9.36. The molecule has 1 saturated carbocycles. The molecular formula is C19H30N4O. The van der Waals surface area contributed by atoms with Crippen LogP contribution in [0, 0.1) is 5.92 Å². The summed E-state index contributed by atoms with van der Waals surface area (Å²) in [5.41, 5.74) is 3.09. The van der Waals surface area contributed by atoms with Crippen LogP contribution < -0.4 is 10.6 Å². The molecule has 0 spiro atoms. The number of pyridine rings is 1. The van der Waals surface area contributed by atoms with Gasteiger partial charge in [-0.1, -0.05) is 6.92 Å². The van der Waals surface area contributed by atoms with Gasteiger partial charge in [-0.2, -0.15) is 0 Å². The minimum Gasteiger partial charge on any atom is -0.369 e. The summed E-state index contributed by atoms with van der Waals surface area (Å²) in [5, 5.41) is 6.46. The van der Waals surface area contributed by atoms with Crippen LogP contribution in [0.3, 0.4) is 0 Å². The number of hydrogen-bond acceptors (Lipinski definition) is 4. The quantitative estimate of drug-likeness (QED) is 0.841. The van der Waals surface area contributed by atoms with Crippen molar-refractivity contribution in [1.29, 1.82) is 0 Å². The van der Waals surface area contributed by atoms with E-state index in [-0.39, 0.29) is 11.9 Å². The number of anilines is 1. The van der Waals surface area contributed by atoms with E-state index in [2.05, 4.69) is 28.5 Å². The van der Waals surface area contributed by atoms with Crippen LogP contribution in [0.4, 0.5) is 5.82 Å². The van der Waals surface area contributed by atoms with Gasteiger partial charge in [0.15, 0.2) is 0 Å². The van der Waals surface area contributed by atoms with Crippen LogP contribution in [0.5, 0.6) is 0 Å². The number of hydrogen-bond donors (Lipinski definition) is 2. The molecule has 0 bridgehead atoms. The van der Waals surface area contributed by atoms with Gasteiger partial charge in [-0.05, 0) is 57.2 Å². The molecule has 2 N–H and O–H groups in total. The summed E-state index contributed by atoms with van der Waals surface area (Å²) in [7, 11) is 0. The topological polar surface area (TPSA) is 57.3 Å². The largest absolute Gasteiger partial charge is 0.369 e. The summed E-state index contributed by atoms with van der Waals surface area (Å²) in [5.74, 6) is 1.50. The standard InChI is InChI=1S/C19H30N4O/c1-4-23-9-7-15-11-16(19(24)21-13(2)3)18(20-12-14-5-6-14)22-17(15)8-10-23/h11,13-14H,4-10,12H2,1-3H3,(H,20,22)(H,21,24). The van der Waals surface area contributed by atoms with Crippen molar-refractivity contribution in [2.24, 2.45) is 5.92 Å². The van der Waals surface area contributed by atoms with Crippen LogP contribution in [0.15, 0.2) is 6.07 Å². The first-order chi connectivity index (χ1) is 11.6. The molecule has 1 aliphatic carbocycles. The summed E-state index contributed by atoms with van der Waals surface area (Å²) in [4.78, 5) is 19.9. The van der Waals surface area contributed by atoms with E-state index < -0.39 is 0 Å². The van der Waals surface area contributed by atoms with Crippen molar-refractivity contribution in [1.82, 2.24) is 15.2 Å². The van der Waals surface area contributed by atoms with Crippen LogP contribution in [0.25, 0.3) is 0 Å². The number of likely N-dealkylation sites (N-methyl/N-ethyl adjacent to an activating group) is 1. The molecule has 1 aromatic rings. The van der Waals surface area contributed by atoms with Crippen LogP contribution in [-0.4, -0.2) is 48.0 Å². The number of nitrogens with one attached hydrogen (secondary N) is 2. The van der Waals surface area contributed by atoms with E-state index in [4.69, 9.17) is 4.98 Å². The minimum atomic E-state index is -0.0183. The SMILES string of the molecule is CCN1CCc2cc(C(=O)NC(C)C)c(NCC3CC3)nc2CC1. The molecule has 1 aromatic heterocycles. The molecule has 0 saturated heterocycles. The van der Waals surface area contributed by atoms with Crippen molar-refractivity contribution in [3.63, 3.8) is 0 Å². The summed E-state index contributed by atoms with van der Waals surface area (Å²) in [6, 6.07) is 2.21. The predicted molar refractivity (Wildman–Crippen MR) is 97.6 cm³/mol. The third-order valence-corrected chi connectivity index (χ3v) is 4.92. The summed E-state index contributed by atoms with van der Waals surface area (Å²) in [6.45, 7) is 10.3. The molecule has 5 nitrogen and oxygen atoms in total. The van der Waals surface area contributed by atoms with Gasteiger partial charge in [0.05, 0.1) is 5.56 Å². The third-order valence-electron chi connectivity index (χ3n) is 4.92. The van der Waals surface area contributed by atoms with Crippen molar-refractivity contribution in [2.45, 2.75) is 52.5 Å². The van der Waals surface area contributed by atoms with Gasteiger partial charge >= 0.3 is 0 Å². The lowest BCUT2D eigenvalue weighted by molar-refractivity contribution is 0.0943. The van der Waals surface area contributed by atoms with Crippen molar-refractivity contribution in [2.75, 3.05) is 31.5 Å². The second-order valence-corrected chi connectivity index (χ2v) is 7.38. The predicted octanol–water partition coefficient (Wildman–Crippen LogP) is 2.46. The monoisotopic (exact) mass is 330 g/mol. The van der Waals surface area contributed by atoms with E-state index in [9.17, 15) is 4.79 Å². The van der Waals surface area contributed by atoms with E-state index in [1.165, 1.54) is 18.4 Å². The maximum Gasteiger partial charge on any atom is 0.255 e. The molecular weight excluding hydrogens is 300 g/mol. The van der Waals surface area contributed by atoms with Crippen LogP contribution in [0.1, 0.15) is 55.2 Å². The fourth-order valence-electron chi connectivity index (χ4n) is 3.21. The van der Waals surface area contributed by atoms with Crippen molar-refractivity contribution in [3.8, 4) is 0 Å². The molecule has 0 atom stereocenters. The Morgan fingerprint density at radius 3 is 2.75 bits per heavy atom. The number of nitrogens with zero attached hydrogens (tertiary/aromatic N) is 2. The molecule has 0 radical (unpaired) electrons. The smallest absolute Gasteiger partial charge is 0.255 e. The highest BCUT2D eigenvalue weighted by Gasteiger charge is 2.24. The highest BCUT2D eigenvalue weighted by atomic mass is 16.1. The van der Waals surface area contributed by atoms with Gasteiger partial charge in [-0.3, -0.25) is 4.79 Å². The Bertz CT molecular complexity index is 595. The number of carbonyl (C=O) groups is 1. The van der Waals surface area contributed by atoms with E-state index in [1.54, 1.807) is 0 Å². The second kappa shape index (κ2) is 7.51. The van der Waals surface area contributed by atoms with E-state index in [0.717, 1.165) is 56.5 Å². The zero-order valence-electron chi connectivity index (χ0n) is 15.2. The van der Waals surface area contributed by atoms with Crippen LogP contribution in [-0.2, 0) is 12.8 Å². The summed E-state index contributed by atoms with van der Waals surface area (Å²) >= 11 is 0. The van der Waals surface area contributed by atoms with Crippen molar-refractivity contribution >= 4 is 11.7 Å². The highest BCUT2D eigenvalue weighted by Crippen LogP contribution is 2.30. The van der Waals surface area contributed by atoms with E-state index in [0.29, 0.717) is 5.56 Å². The molecule has 5 heteroatoms. The average Bonchev–Trinajstić information content (AvgIpc) is 3.38. The van der Waals surface area contributed by atoms with E-state index in [1.807, 2.05) is 13.8 Å². The van der Waals surface area contributed by atoms with Gasteiger partial charge in [-0.25, -0.2) is 4.98 Å². The average molecular weight is 330 g/mol. The zero-order valence-corrected chi connectivity index (χ0v) is 15.2. The van der Waals surface area contributed by atoms with Crippen molar-refractivity contribution < 1.29 is 4.79 Å². The van der Waals surface area contributed by atoms with Gasteiger partial charge in [0, 0.05) is 37.8 Å². The van der Waals surface area contributed by atoms with Gasteiger partial charge < -0.3 is 15.5 Å². The summed E-state index contributed by atoms with van der Waals surface area (Å²) < 4.78 is 0. The second-order valence-electron chi connectivity index (χ2n) is 7.38. The van der Waals surface area contributed by atoms with Gasteiger partial charge in [0.2, 0.25) is 0 Å². The van der Waals surface area contributed by atoms with Crippen LogP contribution >= 0.6 is 0 Å². The van der Waals surface area contributed by atoms with E-state index >= 15 is 0 Å². The fraction of sp³-hybridized carbons (Fsp3) is 0.684. The Hall–Kier alpha value is -1.62. The number of aromatic nitrogens is 1. The first-order valence-electron chi connectivity index (χ1n) is 9.36. The molecule has 0 aromatic carbocycles. The number of amides is 1. The molecule has 1 aliphatic heterocycles. The molecule has 24 heavy (non-hydrogen) atoms. The lowest BCUT2D eigenvalue weighted by atomic mass is 10.0. The molecule has 2 heterocycles. The normalized spacial score (nSPS) is 18.2. The highest BCUT2D eigenvalue weighted by molar-refractivity contribution is 5.99. The van der Waals surface area contributed by atoms with Crippen LogP contribution in [0.2, 0.25) is 0 Å². The lowest BCUT2D eigenvalue weighted by Crippen LogP contribution is -2.31.